The smallest absolute Gasteiger partial charge is 0.296 e. The van der Waals surface area contributed by atoms with E-state index in [0.29, 0.717) is 22.4 Å². The van der Waals surface area contributed by atoms with Crippen LogP contribution in [0.2, 0.25) is 0 Å². The number of amides is 1. The molecule has 0 radical (unpaired) electrons. The Labute approximate surface area is 313 Å². The number of anilines is 2. The van der Waals surface area contributed by atoms with Crippen LogP contribution in [0.15, 0.2) is 126 Å². The van der Waals surface area contributed by atoms with E-state index in [1.165, 1.54) is 60.7 Å². The summed E-state index contributed by atoms with van der Waals surface area (Å²) in [5, 5.41) is 29.9. The average Bonchev–Trinajstić information content (AvgIpc) is 3.09. The van der Waals surface area contributed by atoms with Gasteiger partial charge in [-0.05, 0) is 109 Å². The zero-order valence-electron chi connectivity index (χ0n) is 28.4. The number of nitrogens with two attached hydrogens (primary N) is 1. The van der Waals surface area contributed by atoms with Crippen LogP contribution in [0.25, 0.3) is 21.5 Å². The maximum atomic E-state index is 12.7. The van der Waals surface area contributed by atoms with E-state index in [0.717, 1.165) is 18.2 Å². The standard InChI is InChI=1S/C35H28N6O11S3/c1-18-12-24(38-39-25-16-28-27(30(17-25)54(47,48)49)4-3-5-29(28)53(44,45)46)13-19(2)32(18)40-41-33-31(55(50,51)52)15-21-14-23(10-11-26(21)34(33)42)37-35(43)20-6-8-22(36)9-7-20/h3-17,42H,36H2,1-2H3,(H,37,43)(H,44,45,46)(H,47,48,49)(H,50,51,52)/b39-38+,41-40+. The predicted molar refractivity (Wildman–Crippen MR) is 202 cm³/mol. The number of hydrogen-bond donors (Lipinski definition) is 6. The summed E-state index contributed by atoms with van der Waals surface area (Å²) in [7, 11) is -14.7. The molecule has 6 aromatic rings. The van der Waals surface area contributed by atoms with Crippen molar-refractivity contribution in [3.8, 4) is 5.75 Å². The number of aryl methyl sites for hydroxylation is 2. The van der Waals surface area contributed by atoms with Crippen molar-refractivity contribution in [2.24, 2.45) is 20.5 Å². The highest BCUT2D eigenvalue weighted by Crippen LogP contribution is 2.43. The van der Waals surface area contributed by atoms with Gasteiger partial charge in [0.2, 0.25) is 0 Å². The van der Waals surface area contributed by atoms with Crippen molar-refractivity contribution in [3.05, 3.63) is 108 Å². The SMILES string of the molecule is Cc1cc(/N=N/c2cc(S(=O)(=O)O)c3cccc(S(=O)(=O)O)c3c2)cc(C)c1/N=N/c1c(S(=O)(=O)O)cc2cc(NC(=O)c3ccc(N)cc3)ccc2c1O. The number of nitrogens with one attached hydrogen (secondary N) is 1. The van der Waals surface area contributed by atoms with E-state index in [4.69, 9.17) is 5.73 Å². The van der Waals surface area contributed by atoms with Gasteiger partial charge in [-0.1, -0.05) is 12.1 Å². The third-order valence-corrected chi connectivity index (χ3v) is 10.9. The topological polar surface area (TPSA) is 288 Å². The minimum atomic E-state index is -4.97. The molecule has 0 saturated heterocycles. The lowest BCUT2D eigenvalue weighted by Gasteiger charge is -2.12. The number of phenols is 1. The highest BCUT2D eigenvalue weighted by Gasteiger charge is 2.24. The van der Waals surface area contributed by atoms with Crippen molar-refractivity contribution in [1.82, 2.24) is 0 Å². The minimum Gasteiger partial charge on any atom is -0.505 e. The fourth-order valence-electron chi connectivity index (χ4n) is 5.73. The number of carbonyl (C=O) groups is 1. The second-order valence-corrected chi connectivity index (χ2v) is 16.3. The maximum Gasteiger partial charge on any atom is 0.296 e. The van der Waals surface area contributed by atoms with E-state index in [9.17, 15) is 48.8 Å². The summed E-state index contributed by atoms with van der Waals surface area (Å²) in [5.41, 5.74) is 7.25. The van der Waals surface area contributed by atoms with E-state index in [2.05, 4.69) is 25.8 Å². The molecule has 0 fully saturated rings. The lowest BCUT2D eigenvalue weighted by Crippen LogP contribution is -2.11. The van der Waals surface area contributed by atoms with Gasteiger partial charge in [0.1, 0.15) is 20.4 Å². The predicted octanol–water partition coefficient (Wildman–Crippen LogP) is 7.72. The first-order chi connectivity index (χ1) is 25.7. The highest BCUT2D eigenvalue weighted by atomic mass is 32.2. The van der Waals surface area contributed by atoms with Gasteiger partial charge in [0.15, 0.2) is 5.75 Å². The van der Waals surface area contributed by atoms with Gasteiger partial charge in [-0.15, -0.1) is 10.2 Å². The summed E-state index contributed by atoms with van der Waals surface area (Å²) >= 11 is 0. The molecule has 0 aliphatic heterocycles. The quantitative estimate of drug-likeness (QED) is 0.0465. The first-order valence-electron chi connectivity index (χ1n) is 15.6. The van der Waals surface area contributed by atoms with E-state index < -0.39 is 62.4 Å². The fraction of sp³-hybridized carbons (Fsp3) is 0.0571. The Balaban J connectivity index is 1.34. The summed E-state index contributed by atoms with van der Waals surface area (Å²) in [4.78, 5) is 10.7. The number of benzene rings is 6. The van der Waals surface area contributed by atoms with Gasteiger partial charge in [-0.2, -0.15) is 35.5 Å². The van der Waals surface area contributed by atoms with Crippen LogP contribution < -0.4 is 11.1 Å². The molecule has 20 heteroatoms. The van der Waals surface area contributed by atoms with E-state index in [1.807, 2.05) is 0 Å². The third kappa shape index (κ3) is 8.18. The maximum absolute atomic E-state index is 12.7. The monoisotopic (exact) mass is 804 g/mol. The molecule has 17 nitrogen and oxygen atoms in total. The van der Waals surface area contributed by atoms with E-state index in [1.54, 1.807) is 26.0 Å². The van der Waals surface area contributed by atoms with Gasteiger partial charge >= 0.3 is 0 Å². The molecule has 0 spiro atoms. The Morgan fingerprint density at radius 2 is 1.18 bits per heavy atom. The Morgan fingerprint density at radius 1 is 0.600 bits per heavy atom. The number of fused-ring (bicyclic) bond motifs is 2. The number of nitrogens with zero attached hydrogens (tertiary/aromatic N) is 4. The molecule has 0 bridgehead atoms. The Hall–Kier alpha value is -6.16. The normalized spacial score (nSPS) is 12.6. The van der Waals surface area contributed by atoms with Gasteiger partial charge < -0.3 is 16.2 Å². The molecule has 7 N–H and O–H groups in total. The molecule has 6 rings (SSSR count). The molecule has 0 aliphatic carbocycles. The number of aromatic hydroxyl groups is 1. The van der Waals surface area contributed by atoms with Crippen molar-refractivity contribution in [1.29, 1.82) is 0 Å². The average molecular weight is 805 g/mol. The lowest BCUT2D eigenvalue weighted by molar-refractivity contribution is 0.102. The molecular formula is C35H28N6O11S3. The summed E-state index contributed by atoms with van der Waals surface area (Å²) in [6.07, 6.45) is 0. The molecule has 0 aromatic heterocycles. The van der Waals surface area contributed by atoms with Crippen LogP contribution in [0.3, 0.4) is 0 Å². The van der Waals surface area contributed by atoms with Crippen LogP contribution in [0.5, 0.6) is 5.75 Å². The molecular weight excluding hydrogens is 777 g/mol. The lowest BCUT2D eigenvalue weighted by atomic mass is 10.1. The Morgan fingerprint density at radius 3 is 1.78 bits per heavy atom. The molecule has 0 atom stereocenters. The van der Waals surface area contributed by atoms with Crippen LogP contribution >= 0.6 is 0 Å². The molecule has 6 aromatic carbocycles. The van der Waals surface area contributed by atoms with Crippen molar-refractivity contribution in [3.63, 3.8) is 0 Å². The van der Waals surface area contributed by atoms with Crippen LogP contribution in [-0.4, -0.2) is 49.9 Å². The first kappa shape index (κ1) is 38.6. The van der Waals surface area contributed by atoms with Crippen molar-refractivity contribution < 1.29 is 48.8 Å². The number of nitrogen functional groups attached to an aromatic ring is 1. The van der Waals surface area contributed by atoms with Crippen LogP contribution in [0.1, 0.15) is 21.5 Å². The number of rotatable bonds is 9. The van der Waals surface area contributed by atoms with Gasteiger partial charge in [-0.3, -0.25) is 18.5 Å². The van der Waals surface area contributed by atoms with Gasteiger partial charge in [0.25, 0.3) is 36.3 Å². The fourth-order valence-corrected chi connectivity index (χ4v) is 7.81. The van der Waals surface area contributed by atoms with Crippen molar-refractivity contribution >= 4 is 91.9 Å². The summed E-state index contributed by atoms with van der Waals surface area (Å²) in [6, 6.07) is 20.1. The highest BCUT2D eigenvalue weighted by molar-refractivity contribution is 7.86. The zero-order valence-corrected chi connectivity index (χ0v) is 30.8. The molecule has 0 unspecified atom stereocenters. The third-order valence-electron chi connectivity index (χ3n) is 8.22. The largest absolute Gasteiger partial charge is 0.505 e. The molecule has 0 saturated carbocycles. The van der Waals surface area contributed by atoms with Gasteiger partial charge in [0, 0.05) is 33.1 Å². The Kier molecular flexibility index (Phi) is 9.99. The van der Waals surface area contributed by atoms with E-state index >= 15 is 0 Å². The molecule has 0 aliphatic rings. The summed E-state index contributed by atoms with van der Waals surface area (Å²) < 4.78 is 103. The van der Waals surface area contributed by atoms with Crippen molar-refractivity contribution in [2.75, 3.05) is 11.1 Å². The summed E-state index contributed by atoms with van der Waals surface area (Å²) in [5.74, 6) is -1.10. The Bertz CT molecular complexity index is 2970. The van der Waals surface area contributed by atoms with Crippen molar-refractivity contribution in [2.45, 2.75) is 28.5 Å². The number of hydrogen-bond acceptors (Lipinski definition) is 13. The van der Waals surface area contributed by atoms with Gasteiger partial charge in [0.05, 0.1) is 17.1 Å². The second-order valence-electron chi connectivity index (χ2n) is 12.1. The molecule has 55 heavy (non-hydrogen) atoms. The van der Waals surface area contributed by atoms with E-state index in [-0.39, 0.29) is 44.3 Å². The van der Waals surface area contributed by atoms with Gasteiger partial charge in [-0.25, -0.2) is 0 Å². The second kappa shape index (κ2) is 14.2. The molecule has 282 valence electrons. The molecule has 1 amide bonds. The number of azo groups is 2. The summed E-state index contributed by atoms with van der Waals surface area (Å²) in [6.45, 7) is 3.21. The van der Waals surface area contributed by atoms with Crippen LogP contribution in [-0.2, 0) is 30.4 Å². The van der Waals surface area contributed by atoms with Crippen LogP contribution in [0, 0.1) is 13.8 Å². The zero-order chi connectivity index (χ0) is 40.0. The first-order valence-corrected chi connectivity index (χ1v) is 19.9. The molecule has 0 heterocycles. The number of carbonyl (C=O) groups excluding carboxylic acids is 1. The minimum absolute atomic E-state index is 0.130. The van der Waals surface area contributed by atoms with Crippen LogP contribution in [0.4, 0.5) is 34.1 Å². The number of phenolic OH excluding ortho intramolecular Hbond substituents is 1.